The number of aromatic nitrogens is 2. The van der Waals surface area contributed by atoms with Gasteiger partial charge in [-0.2, -0.15) is 0 Å². The van der Waals surface area contributed by atoms with Gasteiger partial charge in [0.1, 0.15) is 5.82 Å². The fraction of sp³-hybridized carbons (Fsp3) is 0.133. The lowest BCUT2D eigenvalue weighted by atomic mass is 10.2. The Morgan fingerprint density at radius 3 is 2.72 bits per heavy atom. The summed E-state index contributed by atoms with van der Waals surface area (Å²) >= 11 is 0. The third-order valence-corrected chi connectivity index (χ3v) is 3.08. The number of rotatable bonds is 1. The number of fused-ring (bicyclic) bond motifs is 1. The smallest absolute Gasteiger partial charge is 0.244 e. The first-order valence-electron chi connectivity index (χ1n) is 5.82. The van der Waals surface area contributed by atoms with Crippen LogP contribution < -0.4 is 4.57 Å². The Kier molecular flexibility index (Phi) is 2.40. The van der Waals surface area contributed by atoms with Gasteiger partial charge in [-0.05, 0) is 18.6 Å². The molecule has 3 heteroatoms. The molecule has 0 aliphatic carbocycles. The molecular weight excluding hydrogens is 227 g/mol. The molecule has 0 unspecified atom stereocenters. The second-order valence-electron chi connectivity index (χ2n) is 4.44. The van der Waals surface area contributed by atoms with Crippen molar-refractivity contribution >= 4 is 11.0 Å². The predicted molar refractivity (Wildman–Crippen MR) is 68.0 cm³/mol. The zero-order valence-corrected chi connectivity index (χ0v) is 10.3. The molecule has 0 saturated carbocycles. The molecule has 0 radical (unpaired) electrons. The van der Waals surface area contributed by atoms with E-state index in [2.05, 4.69) is 6.33 Å². The van der Waals surface area contributed by atoms with E-state index in [9.17, 15) is 4.39 Å². The second-order valence-corrected chi connectivity index (χ2v) is 4.44. The summed E-state index contributed by atoms with van der Waals surface area (Å²) in [4.78, 5) is 0. The summed E-state index contributed by atoms with van der Waals surface area (Å²) in [6, 6.07) is 13.1. The van der Waals surface area contributed by atoms with Crippen molar-refractivity contribution in [3.05, 3.63) is 60.2 Å². The van der Waals surface area contributed by atoms with E-state index in [1.54, 1.807) is 10.6 Å². The number of hydrogen-bond donors (Lipinski definition) is 0. The van der Waals surface area contributed by atoms with Gasteiger partial charge in [-0.3, -0.25) is 0 Å². The minimum Gasteiger partial charge on any atom is -0.317 e. The highest BCUT2D eigenvalue weighted by molar-refractivity contribution is 5.73. The highest BCUT2D eigenvalue weighted by atomic mass is 19.1. The minimum atomic E-state index is -0.229. The van der Waals surface area contributed by atoms with Crippen LogP contribution in [0.1, 0.15) is 5.56 Å². The fourth-order valence-corrected chi connectivity index (χ4v) is 2.17. The molecule has 2 nitrogen and oxygen atoms in total. The predicted octanol–water partition coefficient (Wildman–Crippen LogP) is 2.70. The SMILES string of the molecule is Cc1ccc(-n2[c-][n+](C)c3ccccc32)c(F)c1. The van der Waals surface area contributed by atoms with Crippen molar-refractivity contribution in [3.63, 3.8) is 0 Å². The molecule has 90 valence electrons. The van der Waals surface area contributed by atoms with Crippen molar-refractivity contribution in [3.8, 4) is 5.69 Å². The first-order valence-corrected chi connectivity index (χ1v) is 5.82. The monoisotopic (exact) mass is 240 g/mol. The molecule has 1 heterocycles. The Bertz CT molecular complexity index is 728. The van der Waals surface area contributed by atoms with E-state index in [-0.39, 0.29) is 5.82 Å². The van der Waals surface area contributed by atoms with E-state index in [0.717, 1.165) is 16.6 Å². The first kappa shape index (κ1) is 11.0. The van der Waals surface area contributed by atoms with Gasteiger partial charge < -0.3 is 9.13 Å². The van der Waals surface area contributed by atoms with Crippen LogP contribution in [-0.2, 0) is 7.05 Å². The van der Waals surface area contributed by atoms with Crippen molar-refractivity contribution in [1.82, 2.24) is 4.57 Å². The molecule has 0 bridgehead atoms. The Labute approximate surface area is 105 Å². The third kappa shape index (κ3) is 1.59. The van der Waals surface area contributed by atoms with Crippen molar-refractivity contribution in [2.75, 3.05) is 0 Å². The molecule has 1 aromatic heterocycles. The summed E-state index contributed by atoms with van der Waals surface area (Å²) in [7, 11) is 1.91. The van der Waals surface area contributed by atoms with Crippen molar-refractivity contribution in [2.45, 2.75) is 6.92 Å². The molecule has 18 heavy (non-hydrogen) atoms. The standard InChI is InChI=1S/C15H13FN2/c1-11-7-8-13(12(16)9-11)18-10-17(2)14-5-3-4-6-15(14)18/h3-9H,1-2H3. The van der Waals surface area contributed by atoms with E-state index in [1.165, 1.54) is 6.07 Å². The molecule has 0 aliphatic rings. The molecule has 0 fully saturated rings. The number of hydrogen-bond acceptors (Lipinski definition) is 0. The lowest BCUT2D eigenvalue weighted by Crippen LogP contribution is -2.26. The second kappa shape index (κ2) is 3.95. The normalized spacial score (nSPS) is 11.1. The Morgan fingerprint density at radius 1 is 1.17 bits per heavy atom. The molecule has 2 aromatic carbocycles. The zero-order valence-electron chi connectivity index (χ0n) is 10.3. The average Bonchev–Trinajstić information content (AvgIpc) is 2.68. The topological polar surface area (TPSA) is 8.81 Å². The average molecular weight is 240 g/mol. The quantitative estimate of drug-likeness (QED) is 0.457. The molecule has 3 rings (SSSR count). The number of para-hydroxylation sites is 2. The van der Waals surface area contributed by atoms with Crippen molar-refractivity contribution in [1.29, 1.82) is 0 Å². The van der Waals surface area contributed by atoms with E-state index in [1.807, 2.05) is 48.9 Å². The minimum absolute atomic E-state index is 0.229. The van der Waals surface area contributed by atoms with Crippen LogP contribution in [0.2, 0.25) is 0 Å². The van der Waals surface area contributed by atoms with Gasteiger partial charge in [0, 0.05) is 0 Å². The Morgan fingerprint density at radius 2 is 1.94 bits per heavy atom. The van der Waals surface area contributed by atoms with Crippen LogP contribution in [0.25, 0.3) is 16.7 Å². The van der Waals surface area contributed by atoms with Gasteiger partial charge in [0.15, 0.2) is 0 Å². The summed E-state index contributed by atoms with van der Waals surface area (Å²) in [5.41, 5.74) is 3.41. The zero-order chi connectivity index (χ0) is 12.7. The molecule has 0 atom stereocenters. The summed E-state index contributed by atoms with van der Waals surface area (Å²) < 4.78 is 17.6. The molecular formula is C15H13FN2. The van der Waals surface area contributed by atoms with Gasteiger partial charge in [0.25, 0.3) is 0 Å². The van der Waals surface area contributed by atoms with Gasteiger partial charge >= 0.3 is 0 Å². The van der Waals surface area contributed by atoms with Crippen molar-refractivity contribution in [2.24, 2.45) is 7.05 Å². The summed E-state index contributed by atoms with van der Waals surface area (Å²) in [5.74, 6) is -0.229. The highest BCUT2D eigenvalue weighted by Crippen LogP contribution is 2.19. The number of imidazole rings is 1. The highest BCUT2D eigenvalue weighted by Gasteiger charge is 2.09. The van der Waals surface area contributed by atoms with Crippen LogP contribution in [-0.4, -0.2) is 4.57 Å². The maximum atomic E-state index is 14.0. The number of benzene rings is 2. The summed E-state index contributed by atoms with van der Waals surface area (Å²) in [5, 5.41) is 0. The van der Waals surface area contributed by atoms with Crippen LogP contribution in [0, 0.1) is 19.1 Å². The lowest BCUT2D eigenvalue weighted by molar-refractivity contribution is -0.649. The van der Waals surface area contributed by atoms with Crippen LogP contribution in [0.5, 0.6) is 0 Å². The van der Waals surface area contributed by atoms with Gasteiger partial charge in [0.05, 0.1) is 23.8 Å². The summed E-state index contributed by atoms with van der Waals surface area (Å²) in [6.45, 7) is 1.88. The fourth-order valence-electron chi connectivity index (χ4n) is 2.17. The van der Waals surface area contributed by atoms with Crippen LogP contribution >= 0.6 is 0 Å². The largest absolute Gasteiger partial charge is 0.317 e. The van der Waals surface area contributed by atoms with E-state index >= 15 is 0 Å². The van der Waals surface area contributed by atoms with Crippen molar-refractivity contribution < 1.29 is 8.96 Å². The molecule has 0 N–H and O–H groups in total. The first-order chi connectivity index (χ1) is 8.66. The van der Waals surface area contributed by atoms with Crippen LogP contribution in [0.15, 0.2) is 42.5 Å². The third-order valence-electron chi connectivity index (χ3n) is 3.08. The van der Waals surface area contributed by atoms with E-state index in [0.29, 0.717) is 5.69 Å². The Hall–Kier alpha value is -2.16. The van der Waals surface area contributed by atoms with Crippen LogP contribution in [0.4, 0.5) is 4.39 Å². The molecule has 0 saturated heterocycles. The number of aryl methyl sites for hydroxylation is 2. The van der Waals surface area contributed by atoms with Gasteiger partial charge in [-0.1, -0.05) is 36.4 Å². The molecule has 3 aromatic rings. The number of nitrogens with zero attached hydrogens (tertiary/aromatic N) is 2. The van der Waals surface area contributed by atoms with E-state index in [4.69, 9.17) is 0 Å². The Balaban J connectivity index is 2.32. The van der Waals surface area contributed by atoms with Gasteiger partial charge in [-0.15, -0.1) is 0 Å². The van der Waals surface area contributed by atoms with Crippen LogP contribution in [0.3, 0.4) is 0 Å². The maximum absolute atomic E-state index is 14.0. The van der Waals surface area contributed by atoms with E-state index < -0.39 is 0 Å². The maximum Gasteiger partial charge on any atom is 0.244 e. The summed E-state index contributed by atoms with van der Waals surface area (Å²) in [6.07, 6.45) is 3.12. The molecule has 0 amide bonds. The number of halogens is 1. The lowest BCUT2D eigenvalue weighted by Gasteiger charge is -2.06. The van der Waals surface area contributed by atoms with Gasteiger partial charge in [0.2, 0.25) is 6.33 Å². The van der Waals surface area contributed by atoms with Gasteiger partial charge in [-0.25, -0.2) is 4.39 Å². The molecule has 0 spiro atoms. The molecule has 0 aliphatic heterocycles.